The van der Waals surface area contributed by atoms with Crippen molar-refractivity contribution >= 4 is 20.1 Å². The maximum Gasteiger partial charge on any atom is 0.114 e. The van der Waals surface area contributed by atoms with Crippen LogP contribution in [0.15, 0.2) is 30.8 Å². The highest BCUT2D eigenvalue weighted by Crippen LogP contribution is 2.00. The molecule has 0 radical (unpaired) electrons. The fraction of sp³-hybridized carbons (Fsp3) is 0.385. The van der Waals surface area contributed by atoms with E-state index in [0.717, 1.165) is 12.4 Å². The Hall–Kier alpha value is -0.903. The number of rotatable bonds is 6. The van der Waals surface area contributed by atoms with E-state index in [1.807, 2.05) is 6.08 Å². The summed E-state index contributed by atoms with van der Waals surface area (Å²) in [6.07, 6.45) is 3.92. The van der Waals surface area contributed by atoms with E-state index < -0.39 is 8.80 Å². The van der Waals surface area contributed by atoms with Crippen LogP contribution < -0.4 is 5.19 Å². The molecule has 0 saturated carbocycles. The molecule has 0 N–H and O–H groups in total. The van der Waals surface area contributed by atoms with Crippen molar-refractivity contribution in [3.05, 3.63) is 36.4 Å². The first-order chi connectivity index (χ1) is 7.67. The number of hydrogen-bond acceptors (Lipinski definition) is 2. The molecule has 0 aromatic heterocycles. The highest BCUT2D eigenvalue weighted by Gasteiger charge is 2.14. The molecular formula is C13H21NOSi. The smallest absolute Gasteiger partial charge is 0.114 e. The van der Waals surface area contributed by atoms with Crippen molar-refractivity contribution in [1.29, 1.82) is 0 Å². The number of nitrogens with zero attached hydrogens (tertiary/aromatic N) is 1. The second kappa shape index (κ2) is 6.63. The molecular weight excluding hydrogens is 214 g/mol. The summed E-state index contributed by atoms with van der Waals surface area (Å²) in [6, 6.07) is 8.65. The molecule has 0 aliphatic heterocycles. The summed E-state index contributed by atoms with van der Waals surface area (Å²) in [5.74, 6) is 0. The highest BCUT2D eigenvalue weighted by atomic mass is 28.3. The van der Waals surface area contributed by atoms with E-state index in [2.05, 4.69) is 49.8 Å². The quantitative estimate of drug-likeness (QED) is 0.684. The van der Waals surface area contributed by atoms with Crippen LogP contribution in [0.25, 0.3) is 6.08 Å². The van der Waals surface area contributed by atoms with Gasteiger partial charge >= 0.3 is 0 Å². The van der Waals surface area contributed by atoms with Crippen LogP contribution in [0.3, 0.4) is 0 Å². The summed E-state index contributed by atoms with van der Waals surface area (Å²) in [7, 11) is 4.98. The lowest BCUT2D eigenvalue weighted by atomic mass is 10.2. The SMILES string of the molecule is C=Cc1cccc([SiH](COC)CN(C)C)c1. The van der Waals surface area contributed by atoms with Gasteiger partial charge in [0.2, 0.25) is 0 Å². The lowest BCUT2D eigenvalue weighted by Crippen LogP contribution is -2.44. The third-order valence-corrected chi connectivity index (χ3v) is 5.78. The predicted molar refractivity (Wildman–Crippen MR) is 73.7 cm³/mol. The summed E-state index contributed by atoms with van der Waals surface area (Å²) >= 11 is 0. The van der Waals surface area contributed by atoms with E-state index in [9.17, 15) is 0 Å². The lowest BCUT2D eigenvalue weighted by Gasteiger charge is -2.19. The van der Waals surface area contributed by atoms with E-state index in [0.29, 0.717) is 0 Å². The zero-order chi connectivity index (χ0) is 12.0. The van der Waals surface area contributed by atoms with Crippen LogP contribution in [-0.4, -0.2) is 47.3 Å². The van der Waals surface area contributed by atoms with Gasteiger partial charge in [0.25, 0.3) is 0 Å². The van der Waals surface area contributed by atoms with Gasteiger partial charge in [-0.2, -0.15) is 0 Å². The van der Waals surface area contributed by atoms with Crippen molar-refractivity contribution < 1.29 is 4.74 Å². The average molecular weight is 235 g/mol. The Balaban J connectivity index is 2.86. The lowest BCUT2D eigenvalue weighted by molar-refractivity contribution is 0.247. The van der Waals surface area contributed by atoms with E-state index >= 15 is 0 Å². The monoisotopic (exact) mass is 235 g/mol. The van der Waals surface area contributed by atoms with Crippen LogP contribution >= 0.6 is 0 Å². The van der Waals surface area contributed by atoms with Crippen LogP contribution in [0.1, 0.15) is 5.56 Å². The molecule has 88 valence electrons. The van der Waals surface area contributed by atoms with Crippen LogP contribution in [0.5, 0.6) is 0 Å². The largest absolute Gasteiger partial charge is 0.388 e. The van der Waals surface area contributed by atoms with Crippen molar-refractivity contribution in [1.82, 2.24) is 4.90 Å². The molecule has 1 aromatic carbocycles. The fourth-order valence-electron chi connectivity index (χ4n) is 1.84. The molecule has 0 aliphatic carbocycles. The maximum atomic E-state index is 5.34. The van der Waals surface area contributed by atoms with Gasteiger partial charge in [-0.1, -0.05) is 42.1 Å². The van der Waals surface area contributed by atoms with Crippen molar-refractivity contribution in [3.63, 3.8) is 0 Å². The standard InChI is InChI=1S/C13H21NOSi/c1-5-12-7-6-8-13(9-12)16(11-15-4)10-14(2)3/h5-9,16H,1,10-11H2,2-4H3. The van der Waals surface area contributed by atoms with Crippen LogP contribution in [0.2, 0.25) is 0 Å². The molecule has 0 spiro atoms. The van der Waals surface area contributed by atoms with E-state index in [1.165, 1.54) is 10.8 Å². The number of benzene rings is 1. The van der Waals surface area contributed by atoms with Crippen molar-refractivity contribution in [2.45, 2.75) is 0 Å². The first kappa shape index (κ1) is 13.2. The minimum absolute atomic E-state index is 0.888. The molecule has 0 amide bonds. The molecule has 1 rings (SSSR count). The molecule has 0 saturated heterocycles. The Labute approximate surface area is 100 Å². The molecule has 0 fully saturated rings. The van der Waals surface area contributed by atoms with Gasteiger partial charge in [-0.05, 0) is 25.8 Å². The number of ether oxygens (including phenoxy) is 1. The van der Waals surface area contributed by atoms with Gasteiger partial charge in [0.1, 0.15) is 8.80 Å². The summed E-state index contributed by atoms with van der Waals surface area (Å²) in [6.45, 7) is 3.81. The predicted octanol–water partition coefficient (Wildman–Crippen LogP) is 1.05. The van der Waals surface area contributed by atoms with Gasteiger partial charge in [0.15, 0.2) is 0 Å². The normalized spacial score (nSPS) is 12.8. The van der Waals surface area contributed by atoms with Crippen molar-refractivity contribution in [2.24, 2.45) is 0 Å². The van der Waals surface area contributed by atoms with Crippen LogP contribution in [0, 0.1) is 0 Å². The minimum Gasteiger partial charge on any atom is -0.388 e. The van der Waals surface area contributed by atoms with Crippen molar-refractivity contribution in [2.75, 3.05) is 33.6 Å². The van der Waals surface area contributed by atoms with Crippen LogP contribution in [0.4, 0.5) is 0 Å². The third-order valence-electron chi connectivity index (χ3n) is 2.57. The summed E-state index contributed by atoms with van der Waals surface area (Å²) in [5.41, 5.74) is 1.20. The van der Waals surface area contributed by atoms with E-state index in [4.69, 9.17) is 4.74 Å². The Bertz CT molecular complexity index is 338. The first-order valence-corrected chi connectivity index (χ1v) is 7.74. The maximum absolute atomic E-state index is 5.34. The van der Waals surface area contributed by atoms with Crippen molar-refractivity contribution in [3.8, 4) is 0 Å². The van der Waals surface area contributed by atoms with Gasteiger partial charge in [-0.3, -0.25) is 0 Å². The van der Waals surface area contributed by atoms with Gasteiger partial charge in [-0.25, -0.2) is 0 Å². The Kier molecular flexibility index (Phi) is 5.45. The molecule has 2 nitrogen and oxygen atoms in total. The summed E-state index contributed by atoms with van der Waals surface area (Å²) in [5, 5.41) is 1.45. The van der Waals surface area contributed by atoms with Gasteiger partial charge in [0.05, 0.1) is 0 Å². The average Bonchev–Trinajstić information content (AvgIpc) is 2.28. The third kappa shape index (κ3) is 3.93. The topological polar surface area (TPSA) is 12.5 Å². The zero-order valence-electron chi connectivity index (χ0n) is 10.4. The molecule has 0 aliphatic rings. The number of methoxy groups -OCH3 is 1. The van der Waals surface area contributed by atoms with E-state index in [1.54, 1.807) is 7.11 Å². The Morgan fingerprint density at radius 3 is 2.75 bits per heavy atom. The summed E-state index contributed by atoms with van der Waals surface area (Å²) in [4.78, 5) is 2.25. The van der Waals surface area contributed by atoms with E-state index in [-0.39, 0.29) is 0 Å². The molecule has 1 aromatic rings. The van der Waals surface area contributed by atoms with Gasteiger partial charge in [0, 0.05) is 13.3 Å². The van der Waals surface area contributed by atoms with Gasteiger partial charge < -0.3 is 9.64 Å². The molecule has 1 unspecified atom stereocenters. The molecule has 16 heavy (non-hydrogen) atoms. The molecule has 3 heteroatoms. The molecule has 1 atom stereocenters. The highest BCUT2D eigenvalue weighted by molar-refractivity contribution is 6.73. The molecule has 0 heterocycles. The Morgan fingerprint density at radius 1 is 1.44 bits per heavy atom. The zero-order valence-corrected chi connectivity index (χ0v) is 11.6. The molecule has 0 bridgehead atoms. The fourth-order valence-corrected chi connectivity index (χ4v) is 4.44. The summed E-state index contributed by atoms with van der Waals surface area (Å²) < 4.78 is 5.34. The second-order valence-electron chi connectivity index (χ2n) is 4.29. The van der Waals surface area contributed by atoms with Gasteiger partial charge in [-0.15, -0.1) is 0 Å². The Morgan fingerprint density at radius 2 is 2.19 bits per heavy atom. The second-order valence-corrected chi connectivity index (χ2v) is 7.05. The minimum atomic E-state index is -1.04. The number of hydrogen-bond donors (Lipinski definition) is 0. The van der Waals surface area contributed by atoms with Crippen LogP contribution in [-0.2, 0) is 4.74 Å². The first-order valence-electron chi connectivity index (χ1n) is 5.53.